The molecule has 2 nitrogen and oxygen atoms in total. The van der Waals surface area contributed by atoms with Gasteiger partial charge in [-0.25, -0.2) is 0 Å². The van der Waals surface area contributed by atoms with Crippen molar-refractivity contribution in [3.63, 3.8) is 0 Å². The van der Waals surface area contributed by atoms with Gasteiger partial charge in [0.15, 0.2) is 0 Å². The van der Waals surface area contributed by atoms with E-state index in [1.807, 2.05) is 36.4 Å². The van der Waals surface area contributed by atoms with Crippen LogP contribution in [0.4, 0.5) is 0 Å². The fraction of sp³-hybridized carbons (Fsp3) is 0.0789. The Kier molecular flexibility index (Phi) is 10.7. The number of halogens is 1. The Morgan fingerprint density at radius 1 is 0.595 bits per heavy atom. The Morgan fingerprint density at radius 2 is 1.12 bits per heavy atom. The Balaban J connectivity index is 0.000000171. The minimum atomic E-state index is -0.446. The van der Waals surface area contributed by atoms with E-state index < -0.39 is 7.92 Å². The molecule has 0 spiro atoms. The minimum absolute atomic E-state index is 0.0672. The zero-order chi connectivity index (χ0) is 29.0. The van der Waals surface area contributed by atoms with Crippen molar-refractivity contribution in [3.05, 3.63) is 173 Å². The molecule has 4 heteroatoms. The first kappa shape index (κ1) is 29.5. The van der Waals surface area contributed by atoms with Gasteiger partial charge in [-0.15, -0.1) is 0 Å². The molecule has 0 atom stereocenters. The van der Waals surface area contributed by atoms with Crippen molar-refractivity contribution in [1.82, 2.24) is 5.32 Å². The molecule has 0 saturated heterocycles. The van der Waals surface area contributed by atoms with E-state index in [0.717, 1.165) is 16.5 Å². The molecule has 0 bridgehead atoms. The summed E-state index contributed by atoms with van der Waals surface area (Å²) in [7, 11) is -0.446. The second kappa shape index (κ2) is 15.3. The molecule has 0 aliphatic rings. The summed E-state index contributed by atoms with van der Waals surface area (Å²) in [5.41, 5.74) is 2.29. The van der Waals surface area contributed by atoms with Gasteiger partial charge < -0.3 is 5.32 Å². The monoisotopic (exact) mass is 629 g/mol. The number of amides is 1. The average Bonchev–Trinajstić information content (AvgIpc) is 3.04. The summed E-state index contributed by atoms with van der Waals surface area (Å²) in [6.07, 6.45) is 1.26. The molecular weight excluding hydrogens is 597 g/mol. The maximum Gasteiger partial charge on any atom is 0.224 e. The van der Waals surface area contributed by atoms with Crippen molar-refractivity contribution in [3.8, 4) is 0 Å². The Labute approximate surface area is 258 Å². The van der Waals surface area contributed by atoms with E-state index in [1.54, 1.807) is 0 Å². The standard InChI is InChI=1S/C20H18BrNO.C18H15P/c21-18-10-9-16-7-4-8-17(19(16)14-18)11-12-22-20(23)13-15-5-2-1-3-6-15;1-4-10-16(11-5-1)19(17-12-6-2-7-13-17)18-14-8-3-9-15-18/h1-10,14H,11-13H2,(H,22,23);1-15H. The summed E-state index contributed by atoms with van der Waals surface area (Å²) in [5.74, 6) is 0.0672. The van der Waals surface area contributed by atoms with Crippen molar-refractivity contribution in [1.29, 1.82) is 0 Å². The van der Waals surface area contributed by atoms with Crippen LogP contribution in [-0.4, -0.2) is 12.5 Å². The highest BCUT2D eigenvalue weighted by atomic mass is 79.9. The first-order valence-corrected chi connectivity index (χ1v) is 16.2. The molecule has 1 N–H and O–H groups in total. The molecule has 0 fully saturated rings. The molecule has 42 heavy (non-hydrogen) atoms. The maximum absolute atomic E-state index is 12.0. The summed E-state index contributed by atoms with van der Waals surface area (Å²) in [6.45, 7) is 0.650. The minimum Gasteiger partial charge on any atom is -0.355 e. The summed E-state index contributed by atoms with van der Waals surface area (Å²) in [6, 6.07) is 54.7. The highest BCUT2D eigenvalue weighted by Crippen LogP contribution is 2.32. The SMILES string of the molecule is O=C(Cc1ccccc1)NCCc1cccc2ccc(Br)cc12.c1ccc(P(c2ccccc2)c2ccccc2)cc1. The molecule has 0 heterocycles. The number of rotatable bonds is 8. The van der Waals surface area contributed by atoms with Crippen LogP contribution in [0.15, 0.2) is 162 Å². The molecule has 1 amide bonds. The summed E-state index contributed by atoms with van der Waals surface area (Å²) in [4.78, 5) is 12.0. The fourth-order valence-corrected chi connectivity index (χ4v) is 7.55. The molecule has 6 rings (SSSR count). The van der Waals surface area contributed by atoms with Crippen molar-refractivity contribution in [2.75, 3.05) is 6.54 Å². The van der Waals surface area contributed by atoms with E-state index in [4.69, 9.17) is 0 Å². The quantitative estimate of drug-likeness (QED) is 0.170. The smallest absolute Gasteiger partial charge is 0.224 e. The zero-order valence-electron chi connectivity index (χ0n) is 23.4. The van der Waals surface area contributed by atoms with E-state index >= 15 is 0 Å². The first-order chi connectivity index (χ1) is 20.7. The highest BCUT2D eigenvalue weighted by Gasteiger charge is 2.15. The van der Waals surface area contributed by atoms with Crippen LogP contribution in [0.5, 0.6) is 0 Å². The molecule has 6 aromatic rings. The summed E-state index contributed by atoms with van der Waals surface area (Å²) >= 11 is 3.53. The van der Waals surface area contributed by atoms with Crippen LogP contribution in [0.1, 0.15) is 11.1 Å². The second-order valence-corrected chi connectivity index (χ2v) is 13.0. The molecular formula is C38H33BrNOP. The normalized spacial score (nSPS) is 10.6. The number of carbonyl (C=O) groups is 1. The van der Waals surface area contributed by atoms with Crippen molar-refractivity contribution >= 4 is 56.4 Å². The van der Waals surface area contributed by atoms with Gasteiger partial charge in [-0.2, -0.15) is 0 Å². The van der Waals surface area contributed by atoms with Gasteiger partial charge in [0.2, 0.25) is 5.91 Å². The van der Waals surface area contributed by atoms with Crippen LogP contribution >= 0.6 is 23.9 Å². The van der Waals surface area contributed by atoms with Crippen LogP contribution in [0, 0.1) is 0 Å². The highest BCUT2D eigenvalue weighted by molar-refractivity contribution is 9.10. The van der Waals surface area contributed by atoms with E-state index in [9.17, 15) is 4.79 Å². The van der Waals surface area contributed by atoms with Gasteiger partial charge >= 0.3 is 0 Å². The van der Waals surface area contributed by atoms with Crippen LogP contribution in [-0.2, 0) is 17.6 Å². The number of hydrogen-bond acceptors (Lipinski definition) is 1. The Morgan fingerprint density at radius 3 is 1.67 bits per heavy atom. The predicted molar refractivity (Wildman–Crippen MR) is 184 cm³/mol. The lowest BCUT2D eigenvalue weighted by Crippen LogP contribution is -2.27. The first-order valence-electron chi connectivity index (χ1n) is 14.1. The fourth-order valence-electron chi connectivity index (χ4n) is 4.89. The third-order valence-electron chi connectivity index (χ3n) is 6.90. The van der Waals surface area contributed by atoms with Gasteiger partial charge in [-0.05, 0) is 64.3 Å². The van der Waals surface area contributed by atoms with Gasteiger partial charge in [-0.3, -0.25) is 4.79 Å². The van der Waals surface area contributed by atoms with Crippen molar-refractivity contribution in [2.24, 2.45) is 0 Å². The van der Waals surface area contributed by atoms with Gasteiger partial charge in [0, 0.05) is 11.0 Å². The van der Waals surface area contributed by atoms with Crippen LogP contribution < -0.4 is 21.2 Å². The lowest BCUT2D eigenvalue weighted by Gasteiger charge is -2.18. The number of carbonyl (C=O) groups excluding carboxylic acids is 1. The van der Waals surface area contributed by atoms with Crippen LogP contribution in [0.2, 0.25) is 0 Å². The summed E-state index contributed by atoms with van der Waals surface area (Å²) < 4.78 is 1.07. The topological polar surface area (TPSA) is 29.1 Å². The lowest BCUT2D eigenvalue weighted by molar-refractivity contribution is -0.120. The van der Waals surface area contributed by atoms with Crippen molar-refractivity contribution in [2.45, 2.75) is 12.8 Å². The van der Waals surface area contributed by atoms with E-state index in [1.165, 1.54) is 32.2 Å². The van der Waals surface area contributed by atoms with E-state index in [-0.39, 0.29) is 5.91 Å². The molecule has 0 aromatic heterocycles. The molecule has 0 unspecified atom stereocenters. The number of hydrogen-bond donors (Lipinski definition) is 1. The molecule has 0 radical (unpaired) electrons. The van der Waals surface area contributed by atoms with Crippen molar-refractivity contribution < 1.29 is 4.79 Å². The second-order valence-electron chi connectivity index (χ2n) is 9.89. The predicted octanol–water partition coefficient (Wildman–Crippen LogP) is 7.95. The van der Waals surface area contributed by atoms with Gasteiger partial charge in [-0.1, -0.05) is 162 Å². The number of nitrogens with one attached hydrogen (secondary N) is 1. The molecule has 208 valence electrons. The number of benzene rings is 6. The van der Waals surface area contributed by atoms with Gasteiger partial charge in [0.05, 0.1) is 6.42 Å². The average molecular weight is 631 g/mol. The van der Waals surface area contributed by atoms with Crippen LogP contribution in [0.3, 0.4) is 0 Å². The molecule has 0 aliphatic carbocycles. The van der Waals surface area contributed by atoms with Gasteiger partial charge in [0.1, 0.15) is 0 Å². The van der Waals surface area contributed by atoms with E-state index in [2.05, 4.69) is 143 Å². The third kappa shape index (κ3) is 8.26. The lowest BCUT2D eigenvalue weighted by atomic mass is 10.0. The van der Waals surface area contributed by atoms with E-state index in [0.29, 0.717) is 13.0 Å². The maximum atomic E-state index is 12.0. The summed E-state index contributed by atoms with van der Waals surface area (Å²) in [5, 5.41) is 9.66. The Bertz CT molecular complexity index is 1600. The largest absolute Gasteiger partial charge is 0.355 e. The Hall–Kier alpha value is -4.04. The van der Waals surface area contributed by atoms with Gasteiger partial charge in [0.25, 0.3) is 0 Å². The molecule has 0 aliphatic heterocycles. The van der Waals surface area contributed by atoms with Crippen LogP contribution in [0.25, 0.3) is 10.8 Å². The molecule has 0 saturated carbocycles. The number of fused-ring (bicyclic) bond motifs is 1. The molecule has 6 aromatic carbocycles. The third-order valence-corrected chi connectivity index (χ3v) is 9.84. The zero-order valence-corrected chi connectivity index (χ0v) is 25.8.